The van der Waals surface area contributed by atoms with Gasteiger partial charge in [0, 0.05) is 42.4 Å². The minimum absolute atomic E-state index is 0.0530. The number of rotatable bonds is 3. The predicted octanol–water partition coefficient (Wildman–Crippen LogP) is 3.67. The fourth-order valence-corrected chi connectivity index (χ4v) is 4.49. The van der Waals surface area contributed by atoms with Gasteiger partial charge in [0.2, 0.25) is 0 Å². The minimum Gasteiger partial charge on any atom is -0.310 e. The molecule has 140 valence electrons. The summed E-state index contributed by atoms with van der Waals surface area (Å²) in [6, 6.07) is 14.3. The fourth-order valence-electron chi connectivity index (χ4n) is 3.59. The summed E-state index contributed by atoms with van der Waals surface area (Å²) in [6.45, 7) is 2.46. The first-order chi connectivity index (χ1) is 13.7. The van der Waals surface area contributed by atoms with E-state index in [1.54, 1.807) is 11.3 Å². The lowest BCUT2D eigenvalue weighted by atomic mass is 10.1. The molecule has 0 amide bonds. The van der Waals surface area contributed by atoms with Crippen LogP contribution in [-0.4, -0.2) is 21.4 Å². The number of hydrogen-bond donors (Lipinski definition) is 1. The average Bonchev–Trinajstić information content (AvgIpc) is 3.48. The third-order valence-electron chi connectivity index (χ3n) is 5.27. The first-order valence-electron chi connectivity index (χ1n) is 9.75. The highest BCUT2D eigenvalue weighted by Crippen LogP contribution is 2.37. The molecule has 0 atom stereocenters. The van der Waals surface area contributed by atoms with Crippen molar-refractivity contribution in [1.82, 2.24) is 14.9 Å². The second-order valence-electron chi connectivity index (χ2n) is 7.49. The van der Waals surface area contributed by atoms with Gasteiger partial charge in [-0.1, -0.05) is 30.0 Å². The van der Waals surface area contributed by atoms with Gasteiger partial charge in [-0.15, -0.1) is 11.3 Å². The van der Waals surface area contributed by atoms with E-state index >= 15 is 0 Å². The third-order valence-corrected chi connectivity index (χ3v) is 6.26. The van der Waals surface area contributed by atoms with Crippen LogP contribution in [0.4, 0.5) is 0 Å². The lowest BCUT2D eigenvalue weighted by molar-refractivity contribution is 0.243. The molecule has 0 unspecified atom stereocenters. The van der Waals surface area contributed by atoms with Crippen molar-refractivity contribution < 1.29 is 0 Å². The monoisotopic (exact) mass is 387 g/mol. The maximum Gasteiger partial charge on any atom is 0.255 e. The van der Waals surface area contributed by atoms with Crippen molar-refractivity contribution in [2.45, 2.75) is 38.3 Å². The highest BCUT2D eigenvalue weighted by atomic mass is 32.1. The third kappa shape index (κ3) is 3.80. The van der Waals surface area contributed by atoms with E-state index in [0.29, 0.717) is 12.5 Å². The van der Waals surface area contributed by atoms with Crippen molar-refractivity contribution >= 4 is 11.3 Å². The van der Waals surface area contributed by atoms with Crippen LogP contribution < -0.4 is 5.56 Å². The Kier molecular flexibility index (Phi) is 4.59. The number of aromatic amines is 1. The molecule has 1 aromatic carbocycles. The summed E-state index contributed by atoms with van der Waals surface area (Å²) in [4.78, 5) is 24.9. The van der Waals surface area contributed by atoms with Crippen molar-refractivity contribution in [2.75, 3.05) is 6.54 Å². The van der Waals surface area contributed by atoms with Crippen LogP contribution in [0.5, 0.6) is 0 Å². The Balaban J connectivity index is 1.27. The number of benzene rings is 1. The molecule has 1 aliphatic carbocycles. The molecule has 4 nitrogen and oxygen atoms in total. The van der Waals surface area contributed by atoms with E-state index in [4.69, 9.17) is 4.98 Å². The molecule has 2 aromatic heterocycles. The molecule has 0 spiro atoms. The lowest BCUT2D eigenvalue weighted by Crippen LogP contribution is -2.35. The van der Waals surface area contributed by atoms with Gasteiger partial charge in [0.1, 0.15) is 5.82 Å². The number of hydrogen-bond acceptors (Lipinski definition) is 4. The summed E-state index contributed by atoms with van der Waals surface area (Å²) in [5, 5.41) is 0. The smallest absolute Gasteiger partial charge is 0.255 e. The van der Waals surface area contributed by atoms with Crippen molar-refractivity contribution in [3.05, 3.63) is 85.2 Å². The lowest BCUT2D eigenvalue weighted by Gasteiger charge is -2.27. The van der Waals surface area contributed by atoms with Gasteiger partial charge in [-0.2, -0.15) is 0 Å². The Hall–Kier alpha value is -2.68. The van der Waals surface area contributed by atoms with E-state index in [1.165, 1.54) is 4.88 Å². The quantitative estimate of drug-likeness (QED) is 0.698. The Morgan fingerprint density at radius 2 is 2.00 bits per heavy atom. The Labute approximate surface area is 168 Å². The SMILES string of the molecule is O=c1[nH]c(C2CC2)nc2c1CN(Cc1ccc(C#Cc3ccccc3)s1)CC2. The number of nitrogens with zero attached hydrogens (tertiary/aromatic N) is 2. The van der Waals surface area contributed by atoms with Crippen LogP contribution >= 0.6 is 11.3 Å². The number of thiophene rings is 1. The van der Waals surface area contributed by atoms with Gasteiger partial charge in [0.25, 0.3) is 5.56 Å². The van der Waals surface area contributed by atoms with E-state index in [-0.39, 0.29) is 5.56 Å². The molecule has 1 aliphatic heterocycles. The van der Waals surface area contributed by atoms with Gasteiger partial charge in [0.15, 0.2) is 0 Å². The van der Waals surface area contributed by atoms with Gasteiger partial charge in [-0.25, -0.2) is 4.98 Å². The first-order valence-corrected chi connectivity index (χ1v) is 10.6. The highest BCUT2D eigenvalue weighted by Gasteiger charge is 2.29. The van der Waals surface area contributed by atoms with E-state index in [9.17, 15) is 4.79 Å². The van der Waals surface area contributed by atoms with Gasteiger partial charge in [-0.3, -0.25) is 9.69 Å². The maximum atomic E-state index is 12.5. The molecule has 2 aliphatic rings. The topological polar surface area (TPSA) is 49.0 Å². The van der Waals surface area contributed by atoms with Crippen LogP contribution in [-0.2, 0) is 19.5 Å². The summed E-state index contributed by atoms with van der Waals surface area (Å²) in [6.07, 6.45) is 3.16. The van der Waals surface area contributed by atoms with Crippen LogP contribution in [0.25, 0.3) is 0 Å². The number of nitrogens with one attached hydrogen (secondary N) is 1. The molecule has 0 radical (unpaired) electrons. The normalized spacial score (nSPS) is 16.3. The summed E-state index contributed by atoms with van der Waals surface area (Å²) in [5.74, 6) is 7.85. The minimum atomic E-state index is 0.0530. The molecular weight excluding hydrogens is 366 g/mol. The number of H-pyrrole nitrogens is 1. The molecule has 1 N–H and O–H groups in total. The maximum absolute atomic E-state index is 12.5. The van der Waals surface area contributed by atoms with Crippen molar-refractivity contribution in [3.63, 3.8) is 0 Å². The summed E-state index contributed by atoms with van der Waals surface area (Å²) < 4.78 is 0. The van der Waals surface area contributed by atoms with Gasteiger partial charge >= 0.3 is 0 Å². The van der Waals surface area contributed by atoms with Gasteiger partial charge < -0.3 is 4.98 Å². The predicted molar refractivity (Wildman–Crippen MR) is 111 cm³/mol. The number of aromatic nitrogens is 2. The molecule has 3 heterocycles. The van der Waals surface area contributed by atoms with Crippen molar-refractivity contribution in [2.24, 2.45) is 0 Å². The summed E-state index contributed by atoms with van der Waals surface area (Å²) in [7, 11) is 0. The summed E-state index contributed by atoms with van der Waals surface area (Å²) in [5.41, 5.74) is 2.93. The molecule has 1 saturated carbocycles. The molecule has 5 rings (SSSR count). The second-order valence-corrected chi connectivity index (χ2v) is 8.66. The molecule has 28 heavy (non-hydrogen) atoms. The average molecular weight is 388 g/mol. The van der Waals surface area contributed by atoms with Crippen LogP contribution in [0.1, 0.15) is 51.2 Å². The molecule has 1 fully saturated rings. The standard InChI is InChI=1S/C23H21N3OS/c27-23-20-15-26(13-12-21(20)24-22(25-23)17-7-8-17)14-19-11-10-18(28-19)9-6-16-4-2-1-3-5-16/h1-5,10-11,17H,7-8,12-15H2,(H,24,25,27). The molecule has 5 heteroatoms. The second kappa shape index (κ2) is 7.38. The van der Waals surface area contributed by atoms with Crippen LogP contribution in [0.15, 0.2) is 47.3 Å². The Morgan fingerprint density at radius 3 is 2.82 bits per heavy atom. The molecular formula is C23H21N3OS. The van der Waals surface area contributed by atoms with Crippen LogP contribution in [0.3, 0.4) is 0 Å². The zero-order valence-corrected chi connectivity index (χ0v) is 16.4. The summed E-state index contributed by atoms with van der Waals surface area (Å²) >= 11 is 1.73. The highest BCUT2D eigenvalue weighted by molar-refractivity contribution is 7.12. The Morgan fingerprint density at radius 1 is 1.14 bits per heavy atom. The van der Waals surface area contributed by atoms with Crippen LogP contribution in [0, 0.1) is 11.8 Å². The van der Waals surface area contributed by atoms with E-state index in [0.717, 1.165) is 59.9 Å². The first kappa shape index (κ1) is 17.4. The molecule has 0 bridgehead atoms. The van der Waals surface area contributed by atoms with Crippen molar-refractivity contribution in [3.8, 4) is 11.8 Å². The fraction of sp³-hybridized carbons (Fsp3) is 0.304. The Bertz CT molecular complexity index is 1120. The van der Waals surface area contributed by atoms with Crippen LogP contribution in [0.2, 0.25) is 0 Å². The van der Waals surface area contributed by atoms with E-state index in [2.05, 4.69) is 33.9 Å². The zero-order chi connectivity index (χ0) is 18.9. The molecule has 3 aromatic rings. The molecule has 0 saturated heterocycles. The van der Waals surface area contributed by atoms with Gasteiger partial charge in [0.05, 0.1) is 16.1 Å². The zero-order valence-electron chi connectivity index (χ0n) is 15.6. The van der Waals surface area contributed by atoms with E-state index < -0.39 is 0 Å². The van der Waals surface area contributed by atoms with Gasteiger partial charge in [-0.05, 0) is 37.1 Å². The number of fused-ring (bicyclic) bond motifs is 1. The van der Waals surface area contributed by atoms with Crippen molar-refractivity contribution in [1.29, 1.82) is 0 Å². The van der Waals surface area contributed by atoms with E-state index in [1.807, 2.05) is 30.3 Å². The largest absolute Gasteiger partial charge is 0.310 e.